The molecule has 0 aliphatic heterocycles. The third-order valence-electron chi connectivity index (χ3n) is 2.58. The second-order valence-electron chi connectivity index (χ2n) is 5.05. The van der Waals surface area contributed by atoms with Gasteiger partial charge in [-0.05, 0) is 31.5 Å². The largest absolute Gasteiger partial charge is 0.491 e. The minimum atomic E-state index is -2.88. The van der Waals surface area contributed by atoms with E-state index in [9.17, 15) is 8.42 Å². The summed E-state index contributed by atoms with van der Waals surface area (Å²) in [5.74, 6) is 2.33. The van der Waals surface area contributed by atoms with Crippen LogP contribution >= 0.6 is 11.8 Å². The van der Waals surface area contributed by atoms with Gasteiger partial charge in [0.25, 0.3) is 0 Å². The number of sulfone groups is 1. The molecule has 0 amide bonds. The first-order chi connectivity index (χ1) is 9.28. The Hall–Kier alpha value is -0.720. The van der Waals surface area contributed by atoms with Gasteiger partial charge in [0.2, 0.25) is 0 Å². The molecule has 0 aliphatic carbocycles. The van der Waals surface area contributed by atoms with Crippen molar-refractivity contribution in [3.63, 3.8) is 0 Å². The highest BCUT2D eigenvalue weighted by Crippen LogP contribution is 2.20. The van der Waals surface area contributed by atoms with Crippen molar-refractivity contribution in [2.45, 2.75) is 26.0 Å². The van der Waals surface area contributed by atoms with Crippen LogP contribution < -0.4 is 10.5 Å². The Morgan fingerprint density at radius 3 is 2.35 bits per heavy atom. The minimum absolute atomic E-state index is 0.0901. The molecule has 6 heteroatoms. The quantitative estimate of drug-likeness (QED) is 0.745. The maximum Gasteiger partial charge on any atom is 0.148 e. The zero-order chi connectivity index (χ0) is 15.2. The Morgan fingerprint density at radius 2 is 1.85 bits per heavy atom. The minimum Gasteiger partial charge on any atom is -0.491 e. The normalized spacial score (nSPS) is 13.4. The van der Waals surface area contributed by atoms with Crippen molar-refractivity contribution in [3.05, 3.63) is 29.8 Å². The smallest absolute Gasteiger partial charge is 0.148 e. The van der Waals surface area contributed by atoms with E-state index in [2.05, 4.69) is 0 Å². The molecule has 0 bridgehead atoms. The predicted octanol–water partition coefficient (Wildman–Crippen LogP) is 2.25. The van der Waals surface area contributed by atoms with Crippen LogP contribution in [0.1, 0.15) is 25.5 Å². The lowest BCUT2D eigenvalue weighted by Crippen LogP contribution is -2.14. The second-order valence-corrected chi connectivity index (χ2v) is 8.46. The van der Waals surface area contributed by atoms with E-state index in [0.29, 0.717) is 11.5 Å². The molecule has 2 N–H and O–H groups in total. The lowest BCUT2D eigenvalue weighted by Gasteiger charge is -2.14. The Bertz CT molecular complexity index is 498. The summed E-state index contributed by atoms with van der Waals surface area (Å²) in [6, 6.07) is 7.65. The van der Waals surface area contributed by atoms with Gasteiger partial charge >= 0.3 is 0 Å². The summed E-state index contributed by atoms with van der Waals surface area (Å²) in [5.41, 5.74) is 7.12. The molecule has 0 spiro atoms. The van der Waals surface area contributed by atoms with Crippen molar-refractivity contribution in [2.75, 3.05) is 23.5 Å². The highest BCUT2D eigenvalue weighted by Gasteiger charge is 2.08. The monoisotopic (exact) mass is 317 g/mol. The van der Waals surface area contributed by atoms with Crippen LogP contribution in [0.15, 0.2) is 24.3 Å². The lowest BCUT2D eigenvalue weighted by atomic mass is 10.1. The summed E-state index contributed by atoms with van der Waals surface area (Å²) in [4.78, 5) is 0. The first-order valence-electron chi connectivity index (χ1n) is 6.55. The molecule has 0 heterocycles. The van der Waals surface area contributed by atoms with Gasteiger partial charge in [0.05, 0.1) is 11.9 Å². The number of hydrogen-bond acceptors (Lipinski definition) is 5. The summed E-state index contributed by atoms with van der Waals surface area (Å²) >= 11 is 1.56. The van der Waals surface area contributed by atoms with Crippen molar-refractivity contribution >= 4 is 21.6 Å². The third-order valence-corrected chi connectivity index (χ3v) is 4.87. The molecule has 1 aromatic rings. The van der Waals surface area contributed by atoms with E-state index >= 15 is 0 Å². The highest BCUT2D eigenvalue weighted by molar-refractivity contribution is 8.00. The number of thioether (sulfide) groups is 1. The lowest BCUT2D eigenvalue weighted by molar-refractivity contribution is 0.242. The van der Waals surface area contributed by atoms with Gasteiger partial charge in [0.15, 0.2) is 0 Å². The van der Waals surface area contributed by atoms with Gasteiger partial charge in [-0.1, -0.05) is 12.1 Å². The number of rotatable bonds is 8. The van der Waals surface area contributed by atoms with Crippen molar-refractivity contribution in [1.82, 2.24) is 0 Å². The average Bonchev–Trinajstić information content (AvgIpc) is 2.33. The first-order valence-corrected chi connectivity index (χ1v) is 9.77. The van der Waals surface area contributed by atoms with Gasteiger partial charge in [-0.2, -0.15) is 11.8 Å². The maximum absolute atomic E-state index is 11.0. The molecule has 114 valence electrons. The molecule has 0 saturated heterocycles. The van der Waals surface area contributed by atoms with Gasteiger partial charge in [-0.3, -0.25) is 0 Å². The van der Waals surface area contributed by atoms with Crippen LogP contribution in [0.3, 0.4) is 0 Å². The zero-order valence-corrected chi connectivity index (χ0v) is 13.8. The molecule has 1 unspecified atom stereocenters. The van der Waals surface area contributed by atoms with Crippen LogP contribution in [0, 0.1) is 0 Å². The van der Waals surface area contributed by atoms with E-state index in [-0.39, 0.29) is 17.9 Å². The fraction of sp³-hybridized carbons (Fsp3) is 0.571. The summed E-state index contributed by atoms with van der Waals surface area (Å²) < 4.78 is 27.6. The number of ether oxygens (including phenoxy) is 1. The Morgan fingerprint density at radius 1 is 1.25 bits per heavy atom. The maximum atomic E-state index is 11.0. The van der Waals surface area contributed by atoms with Crippen LogP contribution in [-0.4, -0.2) is 38.0 Å². The topological polar surface area (TPSA) is 69.4 Å². The number of benzene rings is 1. The molecular formula is C14H23NO3S2. The van der Waals surface area contributed by atoms with Crippen molar-refractivity contribution in [2.24, 2.45) is 5.73 Å². The summed E-state index contributed by atoms with van der Waals surface area (Å²) in [5, 5.41) is 0. The van der Waals surface area contributed by atoms with Crippen LogP contribution in [0.25, 0.3) is 0 Å². The third kappa shape index (κ3) is 7.17. The van der Waals surface area contributed by atoms with Crippen molar-refractivity contribution < 1.29 is 13.2 Å². The Labute approximate surface area is 126 Å². The molecule has 1 rings (SSSR count). The van der Waals surface area contributed by atoms with Crippen LogP contribution in [0.4, 0.5) is 0 Å². The molecule has 0 radical (unpaired) electrons. The molecular weight excluding hydrogens is 294 g/mol. The SMILES string of the molecule is CC(C)Oc1ccc(C(N)CSCCS(C)(=O)=O)cc1. The average molecular weight is 317 g/mol. The molecule has 20 heavy (non-hydrogen) atoms. The van der Waals surface area contributed by atoms with Gasteiger partial charge in [0, 0.05) is 23.8 Å². The Kier molecular flexibility index (Phi) is 6.85. The predicted molar refractivity (Wildman–Crippen MR) is 86.2 cm³/mol. The van der Waals surface area contributed by atoms with E-state index < -0.39 is 9.84 Å². The van der Waals surface area contributed by atoms with E-state index in [0.717, 1.165) is 11.3 Å². The number of hydrogen-bond donors (Lipinski definition) is 1. The van der Waals surface area contributed by atoms with Crippen molar-refractivity contribution in [1.29, 1.82) is 0 Å². The van der Waals surface area contributed by atoms with E-state index in [1.165, 1.54) is 6.26 Å². The standard InChI is InChI=1S/C14H23NO3S2/c1-11(2)18-13-6-4-12(5-7-13)14(15)10-19-8-9-20(3,16)17/h4-7,11,14H,8-10,15H2,1-3H3. The van der Waals surface area contributed by atoms with Crippen LogP contribution in [-0.2, 0) is 9.84 Å². The van der Waals surface area contributed by atoms with Crippen LogP contribution in [0.5, 0.6) is 5.75 Å². The molecule has 1 atom stereocenters. The van der Waals surface area contributed by atoms with Gasteiger partial charge in [-0.25, -0.2) is 8.42 Å². The fourth-order valence-electron chi connectivity index (χ4n) is 1.58. The van der Waals surface area contributed by atoms with E-state index in [1.54, 1.807) is 11.8 Å². The first kappa shape index (κ1) is 17.3. The van der Waals surface area contributed by atoms with E-state index in [4.69, 9.17) is 10.5 Å². The summed E-state index contributed by atoms with van der Waals surface area (Å²) in [6.07, 6.45) is 1.40. The van der Waals surface area contributed by atoms with Gasteiger partial charge < -0.3 is 10.5 Å². The number of nitrogens with two attached hydrogens (primary N) is 1. The van der Waals surface area contributed by atoms with Gasteiger partial charge in [0.1, 0.15) is 15.6 Å². The van der Waals surface area contributed by atoms with E-state index in [1.807, 2.05) is 38.1 Å². The summed E-state index contributed by atoms with van der Waals surface area (Å²) in [7, 11) is -2.88. The van der Waals surface area contributed by atoms with Crippen LogP contribution in [0.2, 0.25) is 0 Å². The highest BCUT2D eigenvalue weighted by atomic mass is 32.2. The molecule has 4 nitrogen and oxygen atoms in total. The van der Waals surface area contributed by atoms with Gasteiger partial charge in [-0.15, -0.1) is 0 Å². The molecule has 0 aliphatic rings. The van der Waals surface area contributed by atoms with Crippen molar-refractivity contribution in [3.8, 4) is 5.75 Å². The zero-order valence-electron chi connectivity index (χ0n) is 12.2. The Balaban J connectivity index is 2.41. The molecule has 0 saturated carbocycles. The fourth-order valence-corrected chi connectivity index (χ4v) is 3.88. The second kappa shape index (κ2) is 7.90. The molecule has 1 aromatic carbocycles. The molecule has 0 aromatic heterocycles. The molecule has 0 fully saturated rings. The summed E-state index contributed by atoms with van der Waals surface area (Å²) in [6.45, 7) is 3.97.